The van der Waals surface area contributed by atoms with E-state index in [1.165, 1.54) is 0 Å². The molecule has 2 heterocycles. The Morgan fingerprint density at radius 2 is 1.72 bits per heavy atom. The van der Waals surface area contributed by atoms with Gasteiger partial charge in [0.2, 0.25) is 5.91 Å². The number of fused-ring (bicyclic) bond motifs is 1. The molecule has 3 aromatic carbocycles. The van der Waals surface area contributed by atoms with Gasteiger partial charge < -0.3 is 14.8 Å². The van der Waals surface area contributed by atoms with Crippen LogP contribution in [0.5, 0.6) is 11.5 Å². The minimum Gasteiger partial charge on any atom is -0.497 e. The highest BCUT2D eigenvalue weighted by atomic mass is 16.5. The molecule has 0 fully saturated rings. The van der Waals surface area contributed by atoms with E-state index in [-0.39, 0.29) is 11.8 Å². The number of para-hydroxylation sites is 2. The highest BCUT2D eigenvalue weighted by molar-refractivity contribution is 6.05. The van der Waals surface area contributed by atoms with Gasteiger partial charge in [-0.05, 0) is 54.1 Å². The number of methoxy groups -OCH3 is 2. The first-order valence-electron chi connectivity index (χ1n) is 11.6. The van der Waals surface area contributed by atoms with Gasteiger partial charge in [-0.25, -0.2) is 4.68 Å². The van der Waals surface area contributed by atoms with Gasteiger partial charge in [-0.1, -0.05) is 24.3 Å². The molecule has 0 aliphatic carbocycles. The van der Waals surface area contributed by atoms with Gasteiger partial charge in [0.15, 0.2) is 0 Å². The Hall–Kier alpha value is -4.59. The maximum Gasteiger partial charge on any atom is 0.255 e. The lowest BCUT2D eigenvalue weighted by molar-refractivity contribution is -0.119. The van der Waals surface area contributed by atoms with Gasteiger partial charge in [0, 0.05) is 23.6 Å². The highest BCUT2D eigenvalue weighted by Crippen LogP contribution is 2.30. The number of aromatic nitrogens is 2. The van der Waals surface area contributed by atoms with Crippen molar-refractivity contribution in [3.8, 4) is 22.8 Å². The van der Waals surface area contributed by atoms with Crippen molar-refractivity contribution in [3.63, 3.8) is 0 Å². The molecule has 182 valence electrons. The first kappa shape index (κ1) is 23.2. The average Bonchev–Trinajstić information content (AvgIpc) is 3.36. The molecule has 0 radical (unpaired) electrons. The molecule has 1 N–H and O–H groups in total. The van der Waals surface area contributed by atoms with Crippen molar-refractivity contribution in [2.24, 2.45) is 0 Å². The molecule has 4 aromatic rings. The summed E-state index contributed by atoms with van der Waals surface area (Å²) in [5.74, 6) is 1.94. The zero-order valence-electron chi connectivity index (χ0n) is 20.1. The second kappa shape index (κ2) is 9.95. The highest BCUT2D eigenvalue weighted by Gasteiger charge is 2.26. The van der Waals surface area contributed by atoms with Crippen molar-refractivity contribution in [2.75, 3.05) is 24.4 Å². The maximum absolute atomic E-state index is 12.8. The van der Waals surface area contributed by atoms with E-state index in [0.717, 1.165) is 28.4 Å². The summed E-state index contributed by atoms with van der Waals surface area (Å²) in [5, 5.41) is 7.59. The standard InChI is InChI=1S/C28H26N4O4/c1-35-22-13-11-20(12-14-22)24-17-26-31(27(33)15-16-32(26)30-24)18-19-7-9-21(10-8-19)28(34)29-23-5-3-4-6-25(23)36-2/h3-14,17H,15-16,18H2,1-2H3,(H,29,34). The first-order chi connectivity index (χ1) is 17.6. The van der Waals surface area contributed by atoms with Crippen LogP contribution in [0.25, 0.3) is 11.3 Å². The van der Waals surface area contributed by atoms with E-state index in [1.807, 2.05) is 59.3 Å². The molecule has 36 heavy (non-hydrogen) atoms. The number of ether oxygens (including phenoxy) is 2. The predicted octanol–water partition coefficient (Wildman–Crippen LogP) is 4.76. The van der Waals surface area contributed by atoms with E-state index in [1.54, 1.807) is 43.4 Å². The molecule has 5 rings (SSSR count). The predicted molar refractivity (Wildman–Crippen MR) is 137 cm³/mol. The molecule has 1 aliphatic rings. The number of amides is 2. The second-order valence-electron chi connectivity index (χ2n) is 8.42. The van der Waals surface area contributed by atoms with Crippen molar-refractivity contribution in [1.82, 2.24) is 9.78 Å². The normalized spacial score (nSPS) is 12.7. The number of nitrogens with one attached hydrogen (secondary N) is 1. The fourth-order valence-corrected chi connectivity index (χ4v) is 4.21. The number of aryl methyl sites for hydroxylation is 1. The number of hydrogen-bond donors (Lipinski definition) is 1. The number of carbonyl (C=O) groups excluding carboxylic acids is 2. The number of carbonyl (C=O) groups is 2. The average molecular weight is 483 g/mol. The smallest absolute Gasteiger partial charge is 0.255 e. The third kappa shape index (κ3) is 4.65. The van der Waals surface area contributed by atoms with Crippen LogP contribution in [-0.2, 0) is 17.9 Å². The van der Waals surface area contributed by atoms with Crippen LogP contribution < -0.4 is 19.7 Å². The third-order valence-corrected chi connectivity index (χ3v) is 6.17. The molecule has 8 nitrogen and oxygen atoms in total. The van der Waals surface area contributed by atoms with Crippen molar-refractivity contribution >= 4 is 23.3 Å². The number of nitrogens with zero attached hydrogens (tertiary/aromatic N) is 3. The summed E-state index contributed by atoms with van der Waals surface area (Å²) in [6.07, 6.45) is 0.385. The molecule has 0 unspecified atom stereocenters. The Morgan fingerprint density at radius 3 is 2.44 bits per heavy atom. The lowest BCUT2D eigenvalue weighted by Gasteiger charge is -2.27. The quantitative estimate of drug-likeness (QED) is 0.411. The number of benzene rings is 3. The largest absolute Gasteiger partial charge is 0.497 e. The molecule has 0 spiro atoms. The van der Waals surface area contributed by atoms with E-state index >= 15 is 0 Å². The summed E-state index contributed by atoms with van der Waals surface area (Å²) >= 11 is 0. The number of anilines is 2. The summed E-state index contributed by atoms with van der Waals surface area (Å²) in [6, 6.07) is 24.1. The van der Waals surface area contributed by atoms with Crippen LogP contribution in [0.4, 0.5) is 11.5 Å². The topological polar surface area (TPSA) is 85.7 Å². The molecule has 0 atom stereocenters. The van der Waals surface area contributed by atoms with Crippen molar-refractivity contribution in [2.45, 2.75) is 19.5 Å². The SMILES string of the molecule is COc1ccc(-c2cc3n(n2)CCC(=O)N3Cc2ccc(C(=O)Nc3ccccc3OC)cc2)cc1. The summed E-state index contributed by atoms with van der Waals surface area (Å²) in [5.41, 5.74) is 3.79. The molecular weight excluding hydrogens is 456 g/mol. The first-order valence-corrected chi connectivity index (χ1v) is 11.6. The van der Waals surface area contributed by atoms with Gasteiger partial charge in [0.05, 0.1) is 38.7 Å². The van der Waals surface area contributed by atoms with Gasteiger partial charge in [-0.15, -0.1) is 0 Å². The van der Waals surface area contributed by atoms with Crippen molar-refractivity contribution < 1.29 is 19.1 Å². The van der Waals surface area contributed by atoms with Crippen molar-refractivity contribution in [1.29, 1.82) is 0 Å². The second-order valence-corrected chi connectivity index (χ2v) is 8.42. The Morgan fingerprint density at radius 1 is 0.972 bits per heavy atom. The molecule has 2 amide bonds. The van der Waals surface area contributed by atoms with Gasteiger partial charge in [0.25, 0.3) is 5.91 Å². The van der Waals surface area contributed by atoms with E-state index in [0.29, 0.717) is 36.5 Å². The van der Waals surface area contributed by atoms with Gasteiger partial charge in [0.1, 0.15) is 17.3 Å². The summed E-state index contributed by atoms with van der Waals surface area (Å²) in [4.78, 5) is 27.3. The maximum atomic E-state index is 12.8. The fraction of sp³-hybridized carbons (Fsp3) is 0.179. The van der Waals surface area contributed by atoms with E-state index in [4.69, 9.17) is 14.6 Å². The number of rotatable bonds is 7. The summed E-state index contributed by atoms with van der Waals surface area (Å²) < 4.78 is 12.4. The molecule has 8 heteroatoms. The molecule has 1 aliphatic heterocycles. The third-order valence-electron chi connectivity index (χ3n) is 6.17. The minimum absolute atomic E-state index is 0.0432. The van der Waals surface area contributed by atoms with Crippen LogP contribution in [-0.4, -0.2) is 35.8 Å². The Balaban J connectivity index is 1.32. The zero-order chi connectivity index (χ0) is 25.1. The van der Waals surface area contributed by atoms with Crippen LogP contribution in [0, 0.1) is 0 Å². The van der Waals surface area contributed by atoms with Gasteiger partial charge >= 0.3 is 0 Å². The van der Waals surface area contributed by atoms with E-state index in [2.05, 4.69) is 5.32 Å². The lowest BCUT2D eigenvalue weighted by Crippen LogP contribution is -2.36. The summed E-state index contributed by atoms with van der Waals surface area (Å²) in [6.45, 7) is 0.934. The van der Waals surface area contributed by atoms with E-state index in [9.17, 15) is 9.59 Å². The molecule has 1 aromatic heterocycles. The van der Waals surface area contributed by atoms with Crippen LogP contribution in [0.15, 0.2) is 78.9 Å². The summed E-state index contributed by atoms with van der Waals surface area (Å²) in [7, 11) is 3.20. The number of hydrogen-bond acceptors (Lipinski definition) is 5. The zero-order valence-corrected chi connectivity index (χ0v) is 20.1. The molecular formula is C28H26N4O4. The van der Waals surface area contributed by atoms with Crippen LogP contribution >= 0.6 is 0 Å². The Bertz CT molecular complexity index is 1390. The van der Waals surface area contributed by atoms with Crippen LogP contribution in [0.2, 0.25) is 0 Å². The molecule has 0 saturated heterocycles. The van der Waals surface area contributed by atoms with Crippen LogP contribution in [0.3, 0.4) is 0 Å². The monoisotopic (exact) mass is 482 g/mol. The Kier molecular flexibility index (Phi) is 6.40. The fourth-order valence-electron chi connectivity index (χ4n) is 4.21. The van der Waals surface area contributed by atoms with E-state index < -0.39 is 0 Å². The molecule has 0 bridgehead atoms. The Labute approximate surface area is 209 Å². The lowest BCUT2D eigenvalue weighted by atomic mass is 10.1. The van der Waals surface area contributed by atoms with Gasteiger partial charge in [-0.3, -0.25) is 14.5 Å². The van der Waals surface area contributed by atoms with Crippen LogP contribution in [0.1, 0.15) is 22.3 Å². The van der Waals surface area contributed by atoms with Crippen molar-refractivity contribution in [3.05, 3.63) is 90.0 Å². The minimum atomic E-state index is -0.234. The van der Waals surface area contributed by atoms with Gasteiger partial charge in [-0.2, -0.15) is 5.10 Å². The molecule has 0 saturated carbocycles.